The quantitative estimate of drug-likeness (QED) is 0.581. The van der Waals surface area contributed by atoms with Gasteiger partial charge >= 0.3 is 0 Å². The summed E-state index contributed by atoms with van der Waals surface area (Å²) in [7, 11) is 0. The van der Waals surface area contributed by atoms with Crippen LogP contribution in [-0.2, 0) is 0 Å². The zero-order valence-corrected chi connectivity index (χ0v) is 6.89. The molecule has 0 aromatic carbocycles. The van der Waals surface area contributed by atoms with Crippen LogP contribution >= 0.6 is 0 Å². The first-order valence-corrected chi connectivity index (χ1v) is 3.96. The largest absolute Gasteiger partial charge is 0.362 e. The summed E-state index contributed by atoms with van der Waals surface area (Å²) < 4.78 is 0. The van der Waals surface area contributed by atoms with E-state index in [1.807, 2.05) is 6.21 Å². The maximum absolute atomic E-state index is 4.27. The van der Waals surface area contributed by atoms with Crippen molar-refractivity contribution < 1.29 is 0 Å². The highest BCUT2D eigenvalue weighted by molar-refractivity contribution is 5.83. The molecule has 1 atom stereocenters. The van der Waals surface area contributed by atoms with Gasteiger partial charge in [-0.05, 0) is 13.0 Å². The topological polar surface area (TPSA) is 28.1 Å². The van der Waals surface area contributed by atoms with Crippen LogP contribution in [-0.4, -0.2) is 17.7 Å². The van der Waals surface area contributed by atoms with E-state index in [9.17, 15) is 0 Å². The number of H-pyrrole nitrogens is 1. The molecule has 1 aliphatic heterocycles. The average molecular weight is 148 g/mol. The Morgan fingerprint density at radius 3 is 3.18 bits per heavy atom. The predicted molar refractivity (Wildman–Crippen MR) is 46.4 cm³/mol. The normalized spacial score (nSPS) is 21.8. The lowest BCUT2D eigenvalue weighted by molar-refractivity contribution is 0.741. The van der Waals surface area contributed by atoms with Crippen LogP contribution in [0.25, 0.3) is 0 Å². The summed E-state index contributed by atoms with van der Waals surface area (Å²) in [5.41, 5.74) is 3.84. The Morgan fingerprint density at radius 1 is 1.64 bits per heavy atom. The van der Waals surface area contributed by atoms with Gasteiger partial charge in [0.15, 0.2) is 0 Å². The first-order valence-electron chi connectivity index (χ1n) is 3.96. The van der Waals surface area contributed by atoms with Crippen LogP contribution in [0.2, 0.25) is 0 Å². The molecule has 2 nitrogen and oxygen atoms in total. The van der Waals surface area contributed by atoms with Crippen LogP contribution in [0.4, 0.5) is 0 Å². The van der Waals surface area contributed by atoms with Crippen LogP contribution < -0.4 is 0 Å². The fraction of sp³-hybridized carbons (Fsp3) is 0.444. The number of nitrogens with zero attached hydrogens (tertiary/aromatic N) is 1. The number of fused-ring (bicyclic) bond motifs is 1. The molecule has 1 aliphatic rings. The molecular weight excluding hydrogens is 136 g/mol. The van der Waals surface area contributed by atoms with Crippen LogP contribution in [0.1, 0.15) is 29.8 Å². The molecule has 1 N–H and O–H groups in total. The van der Waals surface area contributed by atoms with Gasteiger partial charge in [0.2, 0.25) is 0 Å². The lowest BCUT2D eigenvalue weighted by Gasteiger charge is -2.11. The Bertz CT molecular complexity index is 297. The van der Waals surface area contributed by atoms with Crippen molar-refractivity contribution in [1.82, 2.24) is 4.98 Å². The van der Waals surface area contributed by atoms with Crippen LogP contribution in [0.3, 0.4) is 0 Å². The minimum atomic E-state index is 0.559. The maximum atomic E-state index is 4.27. The van der Waals surface area contributed by atoms with E-state index in [1.54, 1.807) is 0 Å². The maximum Gasteiger partial charge on any atom is 0.0470 e. The minimum absolute atomic E-state index is 0.559. The van der Waals surface area contributed by atoms with Crippen LogP contribution in [0, 0.1) is 6.92 Å². The van der Waals surface area contributed by atoms with Crippen molar-refractivity contribution in [3.05, 3.63) is 23.0 Å². The zero-order valence-electron chi connectivity index (χ0n) is 6.89. The third-order valence-corrected chi connectivity index (χ3v) is 2.12. The van der Waals surface area contributed by atoms with Crippen molar-refractivity contribution in [2.45, 2.75) is 19.8 Å². The molecule has 0 spiro atoms. The van der Waals surface area contributed by atoms with Crippen LogP contribution in [0.5, 0.6) is 0 Å². The molecule has 0 fully saturated rings. The minimum Gasteiger partial charge on any atom is -0.362 e. The van der Waals surface area contributed by atoms with Crippen molar-refractivity contribution in [2.24, 2.45) is 4.99 Å². The summed E-state index contributed by atoms with van der Waals surface area (Å²) in [4.78, 5) is 7.62. The van der Waals surface area contributed by atoms with Gasteiger partial charge in [0.25, 0.3) is 0 Å². The number of aromatic nitrogens is 1. The summed E-state index contributed by atoms with van der Waals surface area (Å²) in [6, 6.07) is 2.15. The molecule has 0 amide bonds. The molecule has 0 radical (unpaired) electrons. The molecular formula is C9H12N2. The summed E-state index contributed by atoms with van der Waals surface area (Å²) in [5, 5.41) is 0. The Morgan fingerprint density at radius 2 is 2.45 bits per heavy atom. The second-order valence-electron chi connectivity index (χ2n) is 3.22. The van der Waals surface area contributed by atoms with E-state index >= 15 is 0 Å². The number of aryl methyl sites for hydroxylation is 1. The molecule has 11 heavy (non-hydrogen) atoms. The van der Waals surface area contributed by atoms with Gasteiger partial charge in [0.1, 0.15) is 0 Å². The molecule has 0 bridgehead atoms. The second kappa shape index (κ2) is 2.22. The van der Waals surface area contributed by atoms with Gasteiger partial charge in [-0.15, -0.1) is 0 Å². The average Bonchev–Trinajstić information content (AvgIpc) is 2.31. The first kappa shape index (κ1) is 6.65. The molecule has 1 aromatic heterocycles. The molecule has 2 rings (SSSR count). The second-order valence-corrected chi connectivity index (χ2v) is 3.22. The lowest BCUT2D eigenvalue weighted by atomic mass is 10.0. The van der Waals surface area contributed by atoms with Gasteiger partial charge in [-0.2, -0.15) is 0 Å². The van der Waals surface area contributed by atoms with Crippen molar-refractivity contribution in [2.75, 3.05) is 6.54 Å². The number of hydrogen-bond acceptors (Lipinski definition) is 1. The molecule has 0 saturated heterocycles. The van der Waals surface area contributed by atoms with E-state index in [2.05, 4.69) is 29.9 Å². The van der Waals surface area contributed by atoms with Crippen molar-refractivity contribution in [1.29, 1.82) is 0 Å². The Kier molecular flexibility index (Phi) is 1.34. The van der Waals surface area contributed by atoms with Gasteiger partial charge in [-0.25, -0.2) is 0 Å². The fourth-order valence-electron chi connectivity index (χ4n) is 1.55. The van der Waals surface area contributed by atoms with Gasteiger partial charge in [-0.3, -0.25) is 4.99 Å². The highest BCUT2D eigenvalue weighted by Gasteiger charge is 2.14. The van der Waals surface area contributed by atoms with Crippen molar-refractivity contribution in [3.8, 4) is 0 Å². The first-order chi connectivity index (χ1) is 5.27. The van der Waals surface area contributed by atoms with Gasteiger partial charge in [0.05, 0.1) is 0 Å². The van der Waals surface area contributed by atoms with E-state index in [-0.39, 0.29) is 0 Å². The third-order valence-electron chi connectivity index (χ3n) is 2.12. The molecule has 0 saturated carbocycles. The van der Waals surface area contributed by atoms with E-state index in [4.69, 9.17) is 0 Å². The molecule has 2 heterocycles. The Balaban J connectivity index is 2.53. The molecule has 58 valence electrons. The standard InChI is InChI=1S/C9H12N2/c1-6-4-10-5-8-3-7(2)11-9(6)8/h3,5-6,11H,4H2,1-2H3. The predicted octanol–water partition coefficient (Wildman–Crippen LogP) is 1.86. The summed E-state index contributed by atoms with van der Waals surface area (Å²) >= 11 is 0. The summed E-state index contributed by atoms with van der Waals surface area (Å²) in [6.07, 6.45) is 1.96. The van der Waals surface area contributed by atoms with Gasteiger partial charge in [-0.1, -0.05) is 6.92 Å². The van der Waals surface area contributed by atoms with E-state index in [0.717, 1.165) is 6.54 Å². The monoisotopic (exact) mass is 148 g/mol. The smallest absolute Gasteiger partial charge is 0.0470 e. The fourth-order valence-corrected chi connectivity index (χ4v) is 1.55. The number of aliphatic imine (C=N–C) groups is 1. The number of rotatable bonds is 0. The molecule has 1 unspecified atom stereocenters. The highest BCUT2D eigenvalue weighted by Crippen LogP contribution is 2.22. The molecule has 2 heteroatoms. The summed E-state index contributed by atoms with van der Waals surface area (Å²) in [5.74, 6) is 0.559. The lowest BCUT2D eigenvalue weighted by Crippen LogP contribution is -2.06. The van der Waals surface area contributed by atoms with Crippen molar-refractivity contribution in [3.63, 3.8) is 0 Å². The van der Waals surface area contributed by atoms with E-state index in [1.165, 1.54) is 17.0 Å². The van der Waals surface area contributed by atoms with Gasteiger partial charge in [0, 0.05) is 35.6 Å². The number of nitrogens with one attached hydrogen (secondary N) is 1. The van der Waals surface area contributed by atoms with E-state index in [0.29, 0.717) is 5.92 Å². The zero-order chi connectivity index (χ0) is 7.84. The van der Waals surface area contributed by atoms with Crippen LogP contribution in [0.15, 0.2) is 11.1 Å². The van der Waals surface area contributed by atoms with Crippen molar-refractivity contribution >= 4 is 6.21 Å². The SMILES string of the molecule is Cc1cc2c([nH]1)C(C)CN=C2. The Hall–Kier alpha value is -1.05. The molecule has 0 aliphatic carbocycles. The third kappa shape index (κ3) is 0.985. The van der Waals surface area contributed by atoms with Gasteiger partial charge < -0.3 is 4.98 Å². The number of hydrogen-bond donors (Lipinski definition) is 1. The molecule has 1 aromatic rings. The summed E-state index contributed by atoms with van der Waals surface area (Å²) in [6.45, 7) is 5.21. The van der Waals surface area contributed by atoms with E-state index < -0.39 is 0 Å². The Labute approximate surface area is 66.4 Å². The number of aromatic amines is 1. The highest BCUT2D eigenvalue weighted by atomic mass is 14.8.